The van der Waals surface area contributed by atoms with E-state index in [4.69, 9.17) is 4.74 Å². The van der Waals surface area contributed by atoms with Gasteiger partial charge in [-0.3, -0.25) is 9.69 Å². The smallest absolute Gasteiger partial charge is 0.258 e. The first-order valence-electron chi connectivity index (χ1n) is 11.8. The molecule has 0 spiro atoms. The van der Waals surface area contributed by atoms with Crippen LogP contribution >= 0.6 is 11.3 Å². The molecular formula is C26H28N6O2S. The zero-order chi connectivity index (χ0) is 24.0. The number of para-hydroxylation sites is 1. The number of ether oxygens (including phenoxy) is 1. The van der Waals surface area contributed by atoms with Crippen molar-refractivity contribution in [1.29, 1.82) is 0 Å². The molecule has 3 heterocycles. The number of nitrogens with one attached hydrogen (secondary N) is 1. The van der Waals surface area contributed by atoms with Gasteiger partial charge in [-0.1, -0.05) is 48.5 Å². The fourth-order valence-electron chi connectivity index (χ4n) is 4.20. The maximum Gasteiger partial charge on any atom is 0.258 e. The highest BCUT2D eigenvalue weighted by Gasteiger charge is 2.23. The van der Waals surface area contributed by atoms with Crippen LogP contribution in [-0.4, -0.2) is 50.3 Å². The van der Waals surface area contributed by atoms with Crippen LogP contribution in [-0.2, 0) is 24.3 Å². The lowest BCUT2D eigenvalue weighted by molar-refractivity contribution is -0.123. The molecule has 4 aromatic rings. The standard InChI is InChI=1S/C26H28N6O2S/c1-19(28-24(33)18-34-21-10-6-3-7-11-21)25-30-29-23-12-13-31(14-15-32(23)25)17-22-16-27-26(35-22)20-8-4-2-5-9-20/h2-11,16,19H,12-15,17-18H2,1H3,(H,28,33). The Morgan fingerprint density at radius 2 is 1.83 bits per heavy atom. The fraction of sp³-hybridized carbons (Fsp3) is 0.308. The third kappa shape index (κ3) is 5.75. The lowest BCUT2D eigenvalue weighted by Gasteiger charge is -2.19. The molecule has 1 aliphatic heterocycles. The van der Waals surface area contributed by atoms with Crippen LogP contribution in [0.2, 0.25) is 0 Å². The van der Waals surface area contributed by atoms with Crippen molar-refractivity contribution in [3.05, 3.63) is 83.4 Å². The van der Waals surface area contributed by atoms with Crippen LogP contribution in [0.3, 0.4) is 0 Å². The molecule has 2 aromatic carbocycles. The molecule has 35 heavy (non-hydrogen) atoms. The highest BCUT2D eigenvalue weighted by molar-refractivity contribution is 7.15. The lowest BCUT2D eigenvalue weighted by Crippen LogP contribution is -2.33. The molecule has 0 bridgehead atoms. The minimum absolute atomic E-state index is 0.0387. The molecular weight excluding hydrogens is 460 g/mol. The first-order chi connectivity index (χ1) is 17.2. The van der Waals surface area contributed by atoms with E-state index in [1.807, 2.05) is 61.7 Å². The Hall–Kier alpha value is -3.56. The van der Waals surface area contributed by atoms with Crippen molar-refractivity contribution < 1.29 is 9.53 Å². The number of nitrogens with zero attached hydrogens (tertiary/aromatic N) is 5. The quantitative estimate of drug-likeness (QED) is 0.407. The van der Waals surface area contributed by atoms with Crippen molar-refractivity contribution in [3.63, 3.8) is 0 Å². The van der Waals surface area contributed by atoms with Crippen molar-refractivity contribution in [2.24, 2.45) is 0 Å². The van der Waals surface area contributed by atoms with Crippen LogP contribution in [0.25, 0.3) is 10.6 Å². The number of benzene rings is 2. The number of thiazole rings is 1. The molecule has 0 fully saturated rings. The summed E-state index contributed by atoms with van der Waals surface area (Å²) in [6.07, 6.45) is 2.80. The summed E-state index contributed by atoms with van der Waals surface area (Å²) in [7, 11) is 0. The van der Waals surface area contributed by atoms with Crippen molar-refractivity contribution >= 4 is 17.2 Å². The number of amides is 1. The zero-order valence-electron chi connectivity index (χ0n) is 19.6. The summed E-state index contributed by atoms with van der Waals surface area (Å²) >= 11 is 1.74. The maximum atomic E-state index is 12.4. The number of hydrogen-bond acceptors (Lipinski definition) is 7. The van der Waals surface area contributed by atoms with E-state index in [1.165, 1.54) is 4.88 Å². The van der Waals surface area contributed by atoms with Gasteiger partial charge >= 0.3 is 0 Å². The minimum Gasteiger partial charge on any atom is -0.484 e. The molecule has 1 amide bonds. The highest BCUT2D eigenvalue weighted by Crippen LogP contribution is 2.26. The van der Waals surface area contributed by atoms with Gasteiger partial charge in [-0.25, -0.2) is 4.98 Å². The number of carbonyl (C=O) groups is 1. The third-order valence-corrected chi connectivity index (χ3v) is 7.01. The first-order valence-corrected chi connectivity index (χ1v) is 12.6. The largest absolute Gasteiger partial charge is 0.484 e. The normalized spacial score (nSPS) is 14.7. The molecule has 1 unspecified atom stereocenters. The van der Waals surface area contributed by atoms with Gasteiger partial charge < -0.3 is 14.6 Å². The average Bonchev–Trinajstić information content (AvgIpc) is 3.48. The summed E-state index contributed by atoms with van der Waals surface area (Å²) in [5.74, 6) is 2.22. The van der Waals surface area contributed by atoms with Crippen LogP contribution in [0.4, 0.5) is 0 Å². The number of carbonyl (C=O) groups excluding carboxylic acids is 1. The van der Waals surface area contributed by atoms with E-state index in [9.17, 15) is 4.79 Å². The third-order valence-electron chi connectivity index (χ3n) is 5.98. The van der Waals surface area contributed by atoms with Crippen LogP contribution in [0.1, 0.15) is 29.5 Å². The van der Waals surface area contributed by atoms with E-state index in [0.717, 1.165) is 54.8 Å². The van der Waals surface area contributed by atoms with Gasteiger partial charge in [0.2, 0.25) is 0 Å². The van der Waals surface area contributed by atoms with Gasteiger partial charge in [0.15, 0.2) is 12.4 Å². The Kier molecular flexibility index (Phi) is 7.15. The SMILES string of the molecule is CC(NC(=O)COc1ccccc1)c1nnc2n1CCN(Cc1cnc(-c3ccccc3)s1)CC2. The topological polar surface area (TPSA) is 85.2 Å². The average molecular weight is 489 g/mol. The molecule has 180 valence electrons. The fourth-order valence-corrected chi connectivity index (χ4v) is 5.16. The van der Waals surface area contributed by atoms with Crippen LogP contribution in [0.15, 0.2) is 66.9 Å². The van der Waals surface area contributed by atoms with Gasteiger partial charge in [0.1, 0.15) is 16.6 Å². The Bertz CT molecular complexity index is 1260. The Balaban J connectivity index is 1.16. The molecule has 8 nitrogen and oxygen atoms in total. The second-order valence-corrected chi connectivity index (χ2v) is 9.66. The van der Waals surface area contributed by atoms with Crippen molar-refractivity contribution in [2.45, 2.75) is 32.5 Å². The molecule has 9 heteroatoms. The predicted molar refractivity (Wildman–Crippen MR) is 135 cm³/mol. The summed E-state index contributed by atoms with van der Waals surface area (Å²) in [4.78, 5) is 20.7. The minimum atomic E-state index is -0.260. The van der Waals surface area contributed by atoms with Gasteiger partial charge in [0.05, 0.1) is 6.04 Å². The Morgan fingerprint density at radius 1 is 1.06 bits per heavy atom. The van der Waals surface area contributed by atoms with Crippen molar-refractivity contribution in [3.8, 4) is 16.3 Å². The van der Waals surface area contributed by atoms with Crippen molar-refractivity contribution in [2.75, 3.05) is 19.7 Å². The highest BCUT2D eigenvalue weighted by atomic mass is 32.1. The molecule has 1 N–H and O–H groups in total. The Labute approximate surface area is 208 Å². The lowest BCUT2D eigenvalue weighted by atomic mass is 10.2. The second-order valence-electron chi connectivity index (χ2n) is 8.54. The summed E-state index contributed by atoms with van der Waals surface area (Å²) in [5.41, 5.74) is 1.15. The van der Waals surface area contributed by atoms with E-state index < -0.39 is 0 Å². The Morgan fingerprint density at radius 3 is 2.63 bits per heavy atom. The van der Waals surface area contributed by atoms with E-state index in [2.05, 4.69) is 42.1 Å². The molecule has 0 aliphatic carbocycles. The van der Waals surface area contributed by atoms with Gasteiger partial charge in [-0.05, 0) is 19.1 Å². The molecule has 1 atom stereocenters. The summed E-state index contributed by atoms with van der Waals surface area (Å²) in [6.45, 7) is 5.33. The first kappa shape index (κ1) is 23.2. The van der Waals surface area contributed by atoms with E-state index >= 15 is 0 Å². The van der Waals surface area contributed by atoms with Crippen LogP contribution < -0.4 is 10.1 Å². The summed E-state index contributed by atoms with van der Waals surface area (Å²) in [5, 5.41) is 12.8. The van der Waals surface area contributed by atoms with Gasteiger partial charge in [0, 0.05) is 49.2 Å². The van der Waals surface area contributed by atoms with Gasteiger partial charge in [-0.2, -0.15) is 0 Å². The molecule has 1 aliphatic rings. The number of aromatic nitrogens is 4. The van der Waals surface area contributed by atoms with Crippen molar-refractivity contribution in [1.82, 2.24) is 30.0 Å². The van der Waals surface area contributed by atoms with E-state index in [0.29, 0.717) is 5.75 Å². The molecule has 0 radical (unpaired) electrons. The number of hydrogen-bond donors (Lipinski definition) is 1. The van der Waals surface area contributed by atoms with Crippen LogP contribution in [0.5, 0.6) is 5.75 Å². The molecule has 5 rings (SSSR count). The molecule has 2 aromatic heterocycles. The number of rotatable bonds is 8. The summed E-state index contributed by atoms with van der Waals surface area (Å²) < 4.78 is 7.70. The number of fused-ring (bicyclic) bond motifs is 1. The second kappa shape index (κ2) is 10.8. The predicted octanol–water partition coefficient (Wildman–Crippen LogP) is 3.72. The van der Waals surface area contributed by atoms with Crippen LogP contribution in [0, 0.1) is 0 Å². The van der Waals surface area contributed by atoms with E-state index in [-0.39, 0.29) is 18.6 Å². The maximum absolute atomic E-state index is 12.4. The van der Waals surface area contributed by atoms with E-state index in [1.54, 1.807) is 11.3 Å². The van der Waals surface area contributed by atoms with Gasteiger partial charge in [0.25, 0.3) is 5.91 Å². The molecule has 0 saturated carbocycles. The summed E-state index contributed by atoms with van der Waals surface area (Å²) in [6, 6.07) is 19.3. The zero-order valence-corrected chi connectivity index (χ0v) is 20.4. The molecule has 0 saturated heterocycles. The monoisotopic (exact) mass is 488 g/mol. The van der Waals surface area contributed by atoms with Gasteiger partial charge in [-0.15, -0.1) is 21.5 Å².